The van der Waals surface area contributed by atoms with Crippen LogP contribution in [0.25, 0.3) is 10.2 Å². The van der Waals surface area contributed by atoms with Crippen LogP contribution in [0.1, 0.15) is 5.01 Å². The van der Waals surface area contributed by atoms with E-state index in [1.165, 1.54) is 11.3 Å². The van der Waals surface area contributed by atoms with E-state index in [1.807, 2.05) is 0 Å². The molecular weight excluding hydrogens is 382 g/mol. The minimum Gasteiger partial charge on any atom is -0.483 e. The lowest BCUT2D eigenvalue weighted by Gasteiger charge is -2.08. The molecule has 24 heavy (non-hydrogen) atoms. The second-order valence-electron chi connectivity index (χ2n) is 4.74. The Kier molecular flexibility index (Phi) is 4.43. The smallest absolute Gasteiger partial charge is 0.244 e. The number of rotatable bonds is 4. The summed E-state index contributed by atoms with van der Waals surface area (Å²) in [6, 6.07) is 6.94. The topological polar surface area (TPSA) is 82.3 Å². The minimum absolute atomic E-state index is 0.121. The van der Waals surface area contributed by atoms with Gasteiger partial charge in [0.2, 0.25) is 10.0 Å². The molecule has 0 aliphatic carbocycles. The van der Waals surface area contributed by atoms with E-state index in [2.05, 4.69) is 4.98 Å². The Bertz CT molecular complexity index is 1040. The Hall–Kier alpha value is -1.81. The molecule has 2 N–H and O–H groups in total. The summed E-state index contributed by atoms with van der Waals surface area (Å²) in [6.07, 6.45) is 0. The normalized spacial score (nSPS) is 11.8. The maximum absolute atomic E-state index is 14.1. The number of hydrogen-bond donors (Lipinski definition) is 1. The fourth-order valence-electron chi connectivity index (χ4n) is 2.04. The number of fused-ring (bicyclic) bond motifs is 1. The number of nitrogens with two attached hydrogens (primary N) is 1. The highest BCUT2D eigenvalue weighted by Crippen LogP contribution is 2.29. The molecule has 0 aliphatic heterocycles. The monoisotopic (exact) mass is 390 g/mol. The van der Waals surface area contributed by atoms with Crippen molar-refractivity contribution in [3.05, 3.63) is 52.0 Å². The zero-order valence-electron chi connectivity index (χ0n) is 11.8. The average Bonchev–Trinajstić information content (AvgIpc) is 2.87. The Labute approximate surface area is 144 Å². The van der Waals surface area contributed by atoms with Crippen molar-refractivity contribution in [3.63, 3.8) is 0 Å². The number of hydrogen-bond acceptors (Lipinski definition) is 5. The molecule has 0 saturated carbocycles. The van der Waals surface area contributed by atoms with Gasteiger partial charge in [0.25, 0.3) is 0 Å². The SMILES string of the molecule is NS(=O)(=O)c1c(F)ccc(OCc2nc3cc(Cl)ccc3s2)c1F. The number of thiazole rings is 1. The van der Waals surface area contributed by atoms with E-state index < -0.39 is 32.3 Å². The molecule has 5 nitrogen and oxygen atoms in total. The summed E-state index contributed by atoms with van der Waals surface area (Å²) in [5, 5.41) is 5.87. The molecule has 1 heterocycles. The molecule has 0 unspecified atom stereocenters. The third-order valence-corrected chi connectivity index (χ3v) is 5.23. The van der Waals surface area contributed by atoms with Crippen LogP contribution in [0.15, 0.2) is 35.2 Å². The van der Waals surface area contributed by atoms with Crippen LogP contribution >= 0.6 is 22.9 Å². The number of benzene rings is 2. The minimum atomic E-state index is -4.55. The van der Waals surface area contributed by atoms with E-state index in [0.717, 1.165) is 16.8 Å². The van der Waals surface area contributed by atoms with E-state index in [-0.39, 0.29) is 6.61 Å². The van der Waals surface area contributed by atoms with Crippen LogP contribution in [-0.4, -0.2) is 13.4 Å². The van der Waals surface area contributed by atoms with Gasteiger partial charge in [0, 0.05) is 5.02 Å². The van der Waals surface area contributed by atoms with Crippen molar-refractivity contribution in [3.8, 4) is 5.75 Å². The first-order valence-electron chi connectivity index (χ1n) is 6.44. The summed E-state index contributed by atoms with van der Waals surface area (Å²) in [5.41, 5.74) is 0.663. The molecule has 0 aliphatic rings. The van der Waals surface area contributed by atoms with Crippen molar-refractivity contribution in [2.45, 2.75) is 11.5 Å². The number of nitrogens with zero attached hydrogens (tertiary/aromatic N) is 1. The standard InChI is InChI=1S/C14H9ClF2N2O3S2/c15-7-1-4-11-9(5-7)19-12(23-11)6-22-10-3-2-8(16)14(13(10)17)24(18,20)21/h1-5H,6H2,(H2,18,20,21). The van der Waals surface area contributed by atoms with Crippen molar-refractivity contribution in [1.29, 1.82) is 0 Å². The average molecular weight is 391 g/mol. The Morgan fingerprint density at radius 1 is 1.25 bits per heavy atom. The third kappa shape index (κ3) is 3.34. The lowest BCUT2D eigenvalue weighted by atomic mass is 10.3. The van der Waals surface area contributed by atoms with Gasteiger partial charge in [-0.05, 0) is 30.3 Å². The van der Waals surface area contributed by atoms with Crippen molar-refractivity contribution in [2.75, 3.05) is 0 Å². The molecule has 0 atom stereocenters. The van der Waals surface area contributed by atoms with Crippen LogP contribution in [0.2, 0.25) is 5.02 Å². The van der Waals surface area contributed by atoms with Gasteiger partial charge in [0.1, 0.15) is 17.4 Å². The number of primary sulfonamides is 1. The predicted octanol–water partition coefficient (Wildman–Crippen LogP) is 3.45. The van der Waals surface area contributed by atoms with Gasteiger partial charge in [-0.3, -0.25) is 0 Å². The molecule has 3 aromatic rings. The molecule has 126 valence electrons. The second-order valence-corrected chi connectivity index (χ2v) is 7.79. The molecule has 0 amide bonds. The maximum atomic E-state index is 14.1. The van der Waals surface area contributed by atoms with E-state index in [4.69, 9.17) is 21.5 Å². The first-order valence-corrected chi connectivity index (χ1v) is 9.18. The summed E-state index contributed by atoms with van der Waals surface area (Å²) in [6.45, 7) is -0.121. The Balaban J connectivity index is 1.88. The van der Waals surface area contributed by atoms with Gasteiger partial charge in [-0.1, -0.05) is 11.6 Å². The van der Waals surface area contributed by atoms with Crippen LogP contribution in [0.4, 0.5) is 8.78 Å². The predicted molar refractivity (Wildman–Crippen MR) is 86.7 cm³/mol. The highest BCUT2D eigenvalue weighted by atomic mass is 35.5. The summed E-state index contributed by atoms with van der Waals surface area (Å²) >= 11 is 7.19. The summed E-state index contributed by atoms with van der Waals surface area (Å²) in [4.78, 5) is 3.05. The highest BCUT2D eigenvalue weighted by Gasteiger charge is 2.24. The first-order chi connectivity index (χ1) is 11.3. The number of sulfonamides is 1. The van der Waals surface area contributed by atoms with Crippen molar-refractivity contribution < 1.29 is 21.9 Å². The molecule has 2 aromatic carbocycles. The zero-order chi connectivity index (χ0) is 17.5. The second kappa shape index (κ2) is 6.25. The largest absolute Gasteiger partial charge is 0.483 e. The molecule has 0 radical (unpaired) electrons. The van der Waals surface area contributed by atoms with E-state index in [1.54, 1.807) is 18.2 Å². The summed E-state index contributed by atoms with van der Waals surface area (Å²) in [5.74, 6) is -3.09. The van der Waals surface area contributed by atoms with Crippen LogP contribution in [0.5, 0.6) is 5.75 Å². The molecule has 0 saturated heterocycles. The van der Waals surface area contributed by atoms with Crippen LogP contribution in [0, 0.1) is 11.6 Å². The zero-order valence-corrected chi connectivity index (χ0v) is 14.2. The van der Waals surface area contributed by atoms with Crippen molar-refractivity contribution in [1.82, 2.24) is 4.98 Å². The van der Waals surface area contributed by atoms with Gasteiger partial charge in [-0.15, -0.1) is 11.3 Å². The molecule has 0 spiro atoms. The van der Waals surface area contributed by atoms with Crippen LogP contribution < -0.4 is 9.88 Å². The fourth-order valence-corrected chi connectivity index (χ4v) is 3.75. The van der Waals surface area contributed by atoms with Gasteiger partial charge in [0.15, 0.2) is 16.5 Å². The summed E-state index contributed by atoms with van der Waals surface area (Å²) < 4.78 is 56.3. The van der Waals surface area contributed by atoms with E-state index in [0.29, 0.717) is 15.5 Å². The number of aromatic nitrogens is 1. The van der Waals surface area contributed by atoms with Crippen LogP contribution in [-0.2, 0) is 16.6 Å². The molecule has 1 aromatic heterocycles. The number of ether oxygens (including phenoxy) is 1. The maximum Gasteiger partial charge on any atom is 0.244 e. The fraction of sp³-hybridized carbons (Fsp3) is 0.0714. The lowest BCUT2D eigenvalue weighted by molar-refractivity contribution is 0.285. The third-order valence-electron chi connectivity index (χ3n) is 3.04. The van der Waals surface area contributed by atoms with Gasteiger partial charge >= 0.3 is 0 Å². The van der Waals surface area contributed by atoms with E-state index in [9.17, 15) is 17.2 Å². The Morgan fingerprint density at radius 3 is 2.71 bits per heavy atom. The van der Waals surface area contributed by atoms with Gasteiger partial charge < -0.3 is 4.74 Å². The number of halogens is 3. The lowest BCUT2D eigenvalue weighted by Crippen LogP contribution is -2.16. The van der Waals surface area contributed by atoms with E-state index >= 15 is 0 Å². The summed E-state index contributed by atoms with van der Waals surface area (Å²) in [7, 11) is -4.55. The van der Waals surface area contributed by atoms with Crippen molar-refractivity contribution >= 4 is 43.2 Å². The van der Waals surface area contributed by atoms with Crippen LogP contribution in [0.3, 0.4) is 0 Å². The molecule has 10 heteroatoms. The molecule has 0 fully saturated rings. The van der Waals surface area contributed by atoms with Gasteiger partial charge in [0.05, 0.1) is 10.2 Å². The van der Waals surface area contributed by atoms with Gasteiger partial charge in [-0.2, -0.15) is 0 Å². The highest BCUT2D eigenvalue weighted by molar-refractivity contribution is 7.89. The molecule has 0 bridgehead atoms. The molecular formula is C14H9ClF2N2O3S2. The quantitative estimate of drug-likeness (QED) is 0.739. The Morgan fingerprint density at radius 2 is 2.00 bits per heavy atom. The van der Waals surface area contributed by atoms with Crippen molar-refractivity contribution in [2.24, 2.45) is 5.14 Å². The molecule has 3 rings (SSSR count). The van der Waals surface area contributed by atoms with Gasteiger partial charge in [-0.25, -0.2) is 27.3 Å². The first kappa shape index (κ1) is 17.0.